The van der Waals surface area contributed by atoms with Gasteiger partial charge in [0, 0.05) is 33.8 Å². The van der Waals surface area contributed by atoms with Crippen molar-refractivity contribution in [3.8, 4) is 0 Å². The lowest BCUT2D eigenvalue weighted by Crippen LogP contribution is -2.61. The van der Waals surface area contributed by atoms with Gasteiger partial charge < -0.3 is 14.2 Å². The number of furan rings is 1. The fraction of sp³-hybridized carbons (Fsp3) is 0.448. The Kier molecular flexibility index (Phi) is 8.63. The molecule has 62 heavy (non-hydrogen) atoms. The van der Waals surface area contributed by atoms with Gasteiger partial charge in [0.1, 0.15) is 5.58 Å². The largest absolute Gasteiger partial charge is 0.468 e. The number of anilines is 6. The van der Waals surface area contributed by atoms with Gasteiger partial charge in [-0.25, -0.2) is 0 Å². The summed E-state index contributed by atoms with van der Waals surface area (Å²) in [6.45, 7) is 38.1. The van der Waals surface area contributed by atoms with Crippen molar-refractivity contribution in [2.24, 2.45) is 0 Å². The predicted molar refractivity (Wildman–Crippen MR) is 268 cm³/mol. The molecule has 0 saturated heterocycles. The number of fused-ring (bicyclic) bond motifs is 8. The van der Waals surface area contributed by atoms with E-state index in [-0.39, 0.29) is 39.2 Å². The van der Waals surface area contributed by atoms with Crippen LogP contribution in [0, 0.1) is 13.8 Å². The Balaban J connectivity index is 1.32. The van der Waals surface area contributed by atoms with Crippen LogP contribution in [0.25, 0.3) is 11.0 Å². The maximum absolute atomic E-state index is 7.36. The average molecular weight is 821 g/mol. The predicted octanol–water partition coefficient (Wildman–Crippen LogP) is 14.4. The zero-order valence-electron chi connectivity index (χ0n) is 40.7. The van der Waals surface area contributed by atoms with Crippen molar-refractivity contribution in [2.75, 3.05) is 9.80 Å². The zero-order valence-corrected chi connectivity index (χ0v) is 40.7. The third-order valence-electron chi connectivity index (χ3n) is 16.0. The molecule has 4 aliphatic rings. The molecule has 0 amide bonds. The zero-order chi connectivity index (χ0) is 44.4. The maximum Gasteiger partial charge on any atom is 0.297 e. The monoisotopic (exact) mass is 821 g/mol. The van der Waals surface area contributed by atoms with Crippen LogP contribution >= 0.6 is 0 Å². The molecule has 0 atom stereocenters. The Morgan fingerprint density at radius 1 is 0.516 bits per heavy atom. The number of rotatable bonds is 2. The molecule has 0 fully saturated rings. The van der Waals surface area contributed by atoms with E-state index in [1.165, 1.54) is 121 Å². The standard InChI is InChI=1S/C58H69BN2O/c1-34-27-47-50-48(28-34)61(45-33-43-41(29-35(45)2)56(11,12)25-26-58(43,15)16)46-31-37(54(6,7)8)17-21-44(46)59(50)52-51(39-30-36(53(3,4)5)18-22-49(39)62-52)60(47)38-19-20-40-42(32-38)57(13,14)24-23-55(40,9)10/h17-22,27-33H,23-26H2,1-16H3. The number of benzene rings is 5. The highest BCUT2D eigenvalue weighted by Gasteiger charge is 2.48. The van der Waals surface area contributed by atoms with E-state index in [0.29, 0.717) is 0 Å². The Morgan fingerprint density at radius 3 is 1.66 bits per heavy atom. The normalized spacial score (nSPS) is 19.1. The van der Waals surface area contributed by atoms with Crippen molar-refractivity contribution in [2.45, 2.75) is 169 Å². The molecule has 4 heteroatoms. The molecular weight excluding hydrogens is 751 g/mol. The van der Waals surface area contributed by atoms with Crippen LogP contribution in [0.15, 0.2) is 83.3 Å². The second kappa shape index (κ2) is 13.0. The summed E-state index contributed by atoms with van der Waals surface area (Å²) < 4.78 is 7.36. The molecule has 10 rings (SSSR count). The first-order valence-corrected chi connectivity index (χ1v) is 23.6. The minimum absolute atomic E-state index is 0.0151. The molecule has 0 saturated carbocycles. The van der Waals surface area contributed by atoms with E-state index in [4.69, 9.17) is 4.42 Å². The summed E-state index contributed by atoms with van der Waals surface area (Å²) in [6.07, 6.45) is 4.74. The van der Waals surface area contributed by atoms with Gasteiger partial charge in [0.25, 0.3) is 6.71 Å². The molecule has 0 bridgehead atoms. The van der Waals surface area contributed by atoms with Crippen molar-refractivity contribution in [3.63, 3.8) is 0 Å². The van der Waals surface area contributed by atoms with E-state index in [2.05, 4.69) is 199 Å². The summed E-state index contributed by atoms with van der Waals surface area (Å²) >= 11 is 0. The van der Waals surface area contributed by atoms with Crippen molar-refractivity contribution < 1.29 is 4.42 Å². The molecule has 3 heterocycles. The lowest BCUT2D eigenvalue weighted by molar-refractivity contribution is 0.332. The topological polar surface area (TPSA) is 19.6 Å². The number of hydrogen-bond donors (Lipinski definition) is 0. The lowest BCUT2D eigenvalue weighted by Gasteiger charge is -2.46. The molecule has 3 nitrogen and oxygen atoms in total. The van der Waals surface area contributed by atoms with Gasteiger partial charge in [-0.2, -0.15) is 0 Å². The minimum atomic E-state index is -0.0843. The molecule has 6 aromatic rings. The highest BCUT2D eigenvalue weighted by atomic mass is 16.3. The van der Waals surface area contributed by atoms with Crippen molar-refractivity contribution in [1.29, 1.82) is 0 Å². The maximum atomic E-state index is 7.36. The fourth-order valence-corrected chi connectivity index (χ4v) is 11.7. The van der Waals surface area contributed by atoms with Crippen LogP contribution in [0.2, 0.25) is 0 Å². The van der Waals surface area contributed by atoms with Crippen LogP contribution in [0.5, 0.6) is 0 Å². The minimum Gasteiger partial charge on any atom is -0.468 e. The molecule has 5 aromatic carbocycles. The average Bonchev–Trinajstić information content (AvgIpc) is 3.56. The summed E-state index contributed by atoms with van der Waals surface area (Å²) in [5, 5.41) is 1.18. The Hall–Kier alpha value is -4.70. The van der Waals surface area contributed by atoms with Gasteiger partial charge in [0.2, 0.25) is 0 Å². The summed E-state index contributed by atoms with van der Waals surface area (Å²) in [5.74, 6) is 0. The summed E-state index contributed by atoms with van der Waals surface area (Å²) in [5.41, 5.74) is 23.6. The van der Waals surface area contributed by atoms with Crippen molar-refractivity contribution >= 4 is 68.4 Å². The molecule has 1 aromatic heterocycles. The van der Waals surface area contributed by atoms with E-state index in [0.717, 1.165) is 11.2 Å². The van der Waals surface area contributed by atoms with Gasteiger partial charge >= 0.3 is 0 Å². The molecule has 0 unspecified atom stereocenters. The quantitative estimate of drug-likeness (QED) is 0.162. The first kappa shape index (κ1) is 41.3. The van der Waals surface area contributed by atoms with E-state index in [1.807, 2.05) is 0 Å². The molecule has 2 aliphatic carbocycles. The number of hydrogen-bond acceptors (Lipinski definition) is 3. The van der Waals surface area contributed by atoms with Crippen LogP contribution < -0.4 is 26.4 Å². The van der Waals surface area contributed by atoms with Crippen LogP contribution in [-0.4, -0.2) is 6.71 Å². The van der Waals surface area contributed by atoms with E-state index in [1.54, 1.807) is 0 Å². The van der Waals surface area contributed by atoms with Gasteiger partial charge in [-0.15, -0.1) is 0 Å². The Bertz CT molecular complexity index is 2870. The summed E-state index contributed by atoms with van der Waals surface area (Å²) in [7, 11) is 0. The van der Waals surface area contributed by atoms with Crippen molar-refractivity contribution in [1.82, 2.24) is 0 Å². The van der Waals surface area contributed by atoms with Gasteiger partial charge in [-0.3, -0.25) is 0 Å². The van der Waals surface area contributed by atoms with Crippen molar-refractivity contribution in [3.05, 3.63) is 123 Å². The van der Waals surface area contributed by atoms with E-state index in [9.17, 15) is 0 Å². The summed E-state index contributed by atoms with van der Waals surface area (Å²) in [6, 6.07) is 31.8. The third-order valence-corrected chi connectivity index (χ3v) is 16.0. The second-order valence-electron chi connectivity index (χ2n) is 24.6. The molecule has 2 aliphatic heterocycles. The highest BCUT2D eigenvalue weighted by Crippen LogP contribution is 2.53. The Morgan fingerprint density at radius 2 is 1.05 bits per heavy atom. The lowest BCUT2D eigenvalue weighted by atomic mass is 9.35. The fourth-order valence-electron chi connectivity index (χ4n) is 11.7. The van der Waals surface area contributed by atoms with Crippen LogP contribution in [-0.2, 0) is 32.5 Å². The smallest absolute Gasteiger partial charge is 0.297 e. The van der Waals surface area contributed by atoms with Gasteiger partial charge in [-0.05, 0) is 176 Å². The second-order valence-corrected chi connectivity index (χ2v) is 24.6. The first-order chi connectivity index (χ1) is 28.8. The van der Waals surface area contributed by atoms with Crippen LogP contribution in [0.1, 0.15) is 167 Å². The summed E-state index contributed by atoms with van der Waals surface area (Å²) in [4.78, 5) is 5.26. The molecule has 0 spiro atoms. The number of nitrogens with zero attached hydrogens (tertiary/aromatic N) is 2. The van der Waals surface area contributed by atoms with Crippen LogP contribution in [0.4, 0.5) is 34.1 Å². The molecule has 0 N–H and O–H groups in total. The van der Waals surface area contributed by atoms with Crippen LogP contribution in [0.3, 0.4) is 0 Å². The molecule has 320 valence electrons. The van der Waals surface area contributed by atoms with Gasteiger partial charge in [0.15, 0.2) is 0 Å². The highest BCUT2D eigenvalue weighted by molar-refractivity contribution is 7.00. The van der Waals surface area contributed by atoms with E-state index >= 15 is 0 Å². The molecule has 0 radical (unpaired) electrons. The molecular formula is C58H69BN2O. The first-order valence-electron chi connectivity index (χ1n) is 23.6. The van der Waals surface area contributed by atoms with E-state index < -0.39 is 0 Å². The number of aryl methyl sites for hydroxylation is 2. The van der Waals surface area contributed by atoms with Gasteiger partial charge in [0.05, 0.1) is 11.3 Å². The SMILES string of the molecule is Cc1cc2c3c(c1)N(c1ccc4c(c1)C(C)(C)CCC4(C)C)c1c(oc4ccc(C(C)(C)C)cc14)B3c1ccc(C(C)(C)C)cc1N2c1cc2c(cc1C)C(C)(C)CCC2(C)C. The Labute approximate surface area is 373 Å². The van der Waals surface area contributed by atoms with Gasteiger partial charge in [-0.1, -0.05) is 127 Å². The third kappa shape index (κ3) is 6.04.